The summed E-state index contributed by atoms with van der Waals surface area (Å²) >= 11 is 0. The van der Waals surface area contributed by atoms with Crippen LogP contribution in [0.1, 0.15) is 24.2 Å². The van der Waals surface area contributed by atoms with E-state index in [2.05, 4.69) is 20.3 Å². The molecule has 0 fully saturated rings. The minimum absolute atomic E-state index is 0.0324. The van der Waals surface area contributed by atoms with Gasteiger partial charge >= 0.3 is 0 Å². The maximum atomic E-state index is 5.81. The Labute approximate surface area is 123 Å². The van der Waals surface area contributed by atoms with E-state index in [9.17, 15) is 0 Å². The minimum atomic E-state index is 0.0324. The van der Waals surface area contributed by atoms with Crippen molar-refractivity contribution in [2.24, 2.45) is 0 Å². The largest absolute Gasteiger partial charge is 0.368 e. The van der Waals surface area contributed by atoms with E-state index in [0.717, 1.165) is 28.0 Å². The summed E-state index contributed by atoms with van der Waals surface area (Å²) in [4.78, 5) is 13.0. The normalized spacial score (nSPS) is 12.3. The highest BCUT2D eigenvalue weighted by molar-refractivity contribution is 5.90. The molecular weight excluding hydrogens is 262 g/mol. The van der Waals surface area contributed by atoms with Crippen LogP contribution >= 0.6 is 0 Å². The number of pyridine rings is 1. The molecule has 3 aromatic rings. The molecule has 0 amide bonds. The third-order valence-corrected chi connectivity index (χ3v) is 3.35. The van der Waals surface area contributed by atoms with Crippen LogP contribution in [-0.2, 0) is 0 Å². The molecule has 1 atom stereocenters. The Morgan fingerprint density at radius 1 is 1.14 bits per heavy atom. The Kier molecular flexibility index (Phi) is 3.39. The van der Waals surface area contributed by atoms with Crippen LogP contribution in [0.4, 0.5) is 11.8 Å². The van der Waals surface area contributed by atoms with Crippen LogP contribution in [0.25, 0.3) is 10.9 Å². The van der Waals surface area contributed by atoms with Gasteiger partial charge in [0.1, 0.15) is 5.82 Å². The fourth-order valence-corrected chi connectivity index (χ4v) is 2.28. The molecule has 106 valence electrons. The molecule has 0 spiro atoms. The lowest BCUT2D eigenvalue weighted by molar-refractivity contribution is 0.833. The van der Waals surface area contributed by atoms with E-state index >= 15 is 0 Å². The van der Waals surface area contributed by atoms with Gasteiger partial charge in [-0.3, -0.25) is 4.98 Å². The second-order valence-electron chi connectivity index (χ2n) is 5.07. The van der Waals surface area contributed by atoms with Gasteiger partial charge in [0.25, 0.3) is 0 Å². The van der Waals surface area contributed by atoms with Crippen molar-refractivity contribution < 1.29 is 0 Å². The van der Waals surface area contributed by atoms with E-state index < -0.39 is 0 Å². The van der Waals surface area contributed by atoms with Crippen molar-refractivity contribution in [3.8, 4) is 0 Å². The predicted octanol–water partition coefficient (Wildman–Crippen LogP) is 3.09. The van der Waals surface area contributed by atoms with Gasteiger partial charge in [-0.1, -0.05) is 12.1 Å². The van der Waals surface area contributed by atoms with Crippen LogP contribution in [0.5, 0.6) is 0 Å². The number of nitrogens with one attached hydrogen (secondary N) is 1. The van der Waals surface area contributed by atoms with Crippen LogP contribution in [0.2, 0.25) is 0 Å². The van der Waals surface area contributed by atoms with Crippen molar-refractivity contribution in [1.29, 1.82) is 0 Å². The van der Waals surface area contributed by atoms with Gasteiger partial charge in [0, 0.05) is 11.6 Å². The maximum absolute atomic E-state index is 5.81. The smallest absolute Gasteiger partial charge is 0.222 e. The molecular formula is C16H17N5. The van der Waals surface area contributed by atoms with Crippen molar-refractivity contribution in [2.45, 2.75) is 19.9 Å². The number of hydrogen-bond donors (Lipinski definition) is 2. The van der Waals surface area contributed by atoms with Crippen LogP contribution in [0.15, 0.2) is 42.6 Å². The number of nitrogens with two attached hydrogens (primary N) is 1. The Balaban J connectivity index is 2.00. The molecule has 2 aromatic heterocycles. The monoisotopic (exact) mass is 279 g/mol. The van der Waals surface area contributed by atoms with Gasteiger partial charge in [-0.25, -0.2) is 4.98 Å². The van der Waals surface area contributed by atoms with Gasteiger partial charge in [-0.2, -0.15) is 4.98 Å². The molecule has 0 saturated carbocycles. The molecule has 0 saturated heterocycles. The number of anilines is 2. The highest BCUT2D eigenvalue weighted by Gasteiger charge is 2.11. The summed E-state index contributed by atoms with van der Waals surface area (Å²) in [7, 11) is 0. The van der Waals surface area contributed by atoms with Crippen molar-refractivity contribution in [1.82, 2.24) is 15.0 Å². The Bertz CT molecular complexity index is 765. The van der Waals surface area contributed by atoms with Gasteiger partial charge < -0.3 is 11.1 Å². The van der Waals surface area contributed by atoms with Crippen LogP contribution in [0.3, 0.4) is 0 Å². The molecule has 1 aromatic carbocycles. The van der Waals surface area contributed by atoms with Gasteiger partial charge in [-0.15, -0.1) is 0 Å². The van der Waals surface area contributed by atoms with Crippen molar-refractivity contribution in [3.05, 3.63) is 53.9 Å². The van der Waals surface area contributed by atoms with Crippen molar-refractivity contribution in [3.63, 3.8) is 0 Å². The number of fused-ring (bicyclic) bond motifs is 1. The zero-order chi connectivity index (χ0) is 14.8. The second kappa shape index (κ2) is 5.36. The average molecular weight is 279 g/mol. The topological polar surface area (TPSA) is 76.7 Å². The zero-order valence-electron chi connectivity index (χ0n) is 12.0. The van der Waals surface area contributed by atoms with Crippen molar-refractivity contribution in [2.75, 3.05) is 11.1 Å². The Morgan fingerprint density at radius 2 is 2.00 bits per heavy atom. The molecule has 3 N–H and O–H groups in total. The first-order valence-corrected chi connectivity index (χ1v) is 6.85. The van der Waals surface area contributed by atoms with E-state index in [1.54, 1.807) is 6.20 Å². The summed E-state index contributed by atoms with van der Waals surface area (Å²) in [5, 5.41) is 4.32. The molecule has 2 heterocycles. The molecule has 0 aliphatic rings. The Hall–Kier alpha value is -2.69. The standard InChI is InChI=1S/C16H17N5/c1-10-6-7-12-14(9-10)20-16(17)21-15(12)19-11(2)13-5-3-4-8-18-13/h3-9,11H,1-2H3,(H3,17,19,20,21). The average Bonchev–Trinajstić information content (AvgIpc) is 2.47. The second-order valence-corrected chi connectivity index (χ2v) is 5.07. The lowest BCUT2D eigenvalue weighted by atomic mass is 10.1. The van der Waals surface area contributed by atoms with Gasteiger partial charge in [0.05, 0.1) is 17.3 Å². The SMILES string of the molecule is Cc1ccc2c(NC(C)c3ccccn3)nc(N)nc2c1. The van der Waals surface area contributed by atoms with Crippen LogP contribution in [0, 0.1) is 6.92 Å². The fraction of sp³-hybridized carbons (Fsp3) is 0.188. The molecule has 0 bridgehead atoms. The number of benzene rings is 1. The molecule has 0 aliphatic heterocycles. The number of hydrogen-bond acceptors (Lipinski definition) is 5. The third kappa shape index (κ3) is 2.76. The summed E-state index contributed by atoms with van der Waals surface area (Å²) in [6, 6.07) is 11.9. The lowest BCUT2D eigenvalue weighted by Crippen LogP contribution is -2.11. The number of nitrogens with zero attached hydrogens (tertiary/aromatic N) is 3. The van der Waals surface area contributed by atoms with E-state index in [1.807, 2.05) is 50.2 Å². The summed E-state index contributed by atoms with van der Waals surface area (Å²) in [6.07, 6.45) is 1.78. The van der Waals surface area contributed by atoms with Crippen LogP contribution in [-0.4, -0.2) is 15.0 Å². The van der Waals surface area contributed by atoms with Crippen molar-refractivity contribution >= 4 is 22.7 Å². The van der Waals surface area contributed by atoms with Gasteiger partial charge in [0.15, 0.2) is 0 Å². The first kappa shape index (κ1) is 13.3. The molecule has 1 unspecified atom stereocenters. The number of aromatic nitrogens is 3. The summed E-state index contributed by atoms with van der Waals surface area (Å²) < 4.78 is 0. The van der Waals surface area contributed by atoms with Crippen LogP contribution < -0.4 is 11.1 Å². The fourth-order valence-electron chi connectivity index (χ4n) is 2.28. The number of aryl methyl sites for hydroxylation is 1. The van der Waals surface area contributed by atoms with E-state index in [-0.39, 0.29) is 12.0 Å². The zero-order valence-corrected chi connectivity index (χ0v) is 12.0. The molecule has 0 aliphatic carbocycles. The Morgan fingerprint density at radius 3 is 2.76 bits per heavy atom. The van der Waals surface area contributed by atoms with E-state index in [0.29, 0.717) is 0 Å². The predicted molar refractivity (Wildman–Crippen MR) is 85.0 cm³/mol. The summed E-state index contributed by atoms with van der Waals surface area (Å²) in [6.45, 7) is 4.07. The number of rotatable bonds is 3. The molecule has 5 nitrogen and oxygen atoms in total. The number of nitrogen functional groups attached to an aromatic ring is 1. The lowest BCUT2D eigenvalue weighted by Gasteiger charge is -2.16. The summed E-state index contributed by atoms with van der Waals surface area (Å²) in [5.41, 5.74) is 8.75. The summed E-state index contributed by atoms with van der Waals surface area (Å²) in [5.74, 6) is 1.000. The van der Waals surface area contributed by atoms with E-state index in [1.165, 1.54) is 0 Å². The first-order chi connectivity index (χ1) is 10.1. The molecule has 3 rings (SSSR count). The van der Waals surface area contributed by atoms with Gasteiger partial charge in [-0.05, 0) is 43.7 Å². The maximum Gasteiger partial charge on any atom is 0.222 e. The van der Waals surface area contributed by atoms with Gasteiger partial charge in [0.2, 0.25) is 5.95 Å². The highest BCUT2D eigenvalue weighted by Crippen LogP contribution is 2.25. The quantitative estimate of drug-likeness (QED) is 0.770. The first-order valence-electron chi connectivity index (χ1n) is 6.85. The highest BCUT2D eigenvalue weighted by atomic mass is 15.1. The third-order valence-electron chi connectivity index (χ3n) is 3.35. The molecule has 0 radical (unpaired) electrons. The molecule has 5 heteroatoms. The minimum Gasteiger partial charge on any atom is -0.368 e. The molecule has 21 heavy (non-hydrogen) atoms. The van der Waals surface area contributed by atoms with E-state index in [4.69, 9.17) is 5.73 Å².